The monoisotopic (exact) mass is 386 g/mol. The Balaban J connectivity index is 1.90. The van der Waals surface area contributed by atoms with Crippen molar-refractivity contribution in [3.8, 4) is 33.8 Å². The molecule has 0 saturated carbocycles. The zero-order valence-electron chi connectivity index (χ0n) is 17.9. The molecule has 2 heteroatoms. The van der Waals surface area contributed by atoms with Crippen LogP contribution in [0.2, 0.25) is 0 Å². The summed E-state index contributed by atoms with van der Waals surface area (Å²) in [7, 11) is 0. The van der Waals surface area contributed by atoms with Gasteiger partial charge in [0, 0.05) is 11.0 Å². The van der Waals surface area contributed by atoms with Gasteiger partial charge in [0.05, 0.1) is 13.2 Å². The fraction of sp³-hybridized carbons (Fsp3) is 0.333. The van der Waals surface area contributed by atoms with Gasteiger partial charge in [0.25, 0.3) is 0 Å². The topological polar surface area (TPSA) is 18.5 Å². The van der Waals surface area contributed by atoms with Crippen molar-refractivity contribution in [2.24, 2.45) is 0 Å². The van der Waals surface area contributed by atoms with Crippen LogP contribution in [0.1, 0.15) is 51.7 Å². The number of rotatable bonds is 7. The molecule has 0 fully saturated rings. The van der Waals surface area contributed by atoms with Gasteiger partial charge in [-0.1, -0.05) is 50.2 Å². The maximum Gasteiger partial charge on any atom is 0.127 e. The van der Waals surface area contributed by atoms with E-state index in [-0.39, 0.29) is 5.41 Å². The maximum absolute atomic E-state index is 5.95. The smallest absolute Gasteiger partial charge is 0.127 e. The van der Waals surface area contributed by atoms with Gasteiger partial charge in [-0.2, -0.15) is 0 Å². The van der Waals surface area contributed by atoms with Gasteiger partial charge in [-0.25, -0.2) is 0 Å². The number of hydrogen-bond donors (Lipinski definition) is 0. The molecule has 29 heavy (non-hydrogen) atoms. The van der Waals surface area contributed by atoms with Gasteiger partial charge in [-0.3, -0.25) is 0 Å². The van der Waals surface area contributed by atoms with Crippen molar-refractivity contribution in [1.29, 1.82) is 0 Å². The first-order valence-corrected chi connectivity index (χ1v) is 10.8. The van der Waals surface area contributed by atoms with Gasteiger partial charge < -0.3 is 9.47 Å². The number of benzene rings is 3. The predicted octanol–water partition coefficient (Wildman–Crippen LogP) is 7.24. The first-order valence-electron chi connectivity index (χ1n) is 10.8. The van der Waals surface area contributed by atoms with Crippen molar-refractivity contribution in [2.75, 3.05) is 13.2 Å². The van der Waals surface area contributed by atoms with Gasteiger partial charge in [0.15, 0.2) is 0 Å². The molecule has 0 amide bonds. The average Bonchev–Trinajstić information content (AvgIpc) is 3.04. The van der Waals surface area contributed by atoms with Crippen LogP contribution in [-0.4, -0.2) is 13.2 Å². The highest BCUT2D eigenvalue weighted by Crippen LogP contribution is 2.53. The van der Waals surface area contributed by atoms with E-state index in [1.807, 2.05) is 26.0 Å². The van der Waals surface area contributed by atoms with E-state index < -0.39 is 0 Å². The molecule has 0 spiro atoms. The van der Waals surface area contributed by atoms with E-state index in [9.17, 15) is 0 Å². The summed E-state index contributed by atoms with van der Waals surface area (Å²) in [5.41, 5.74) is 8.00. The van der Waals surface area contributed by atoms with E-state index in [1.54, 1.807) is 0 Å². The Morgan fingerprint density at radius 2 is 1.38 bits per heavy atom. The summed E-state index contributed by atoms with van der Waals surface area (Å²) in [6.45, 7) is 9.96. The quantitative estimate of drug-likeness (QED) is 0.426. The normalized spacial score (nSPS) is 13.7. The van der Waals surface area contributed by atoms with Crippen LogP contribution in [0.4, 0.5) is 0 Å². The van der Waals surface area contributed by atoms with Crippen molar-refractivity contribution >= 4 is 0 Å². The summed E-state index contributed by atoms with van der Waals surface area (Å²) in [4.78, 5) is 0. The SMILES string of the molecule is CCOc1ccc(OCC)c(-c2ccc3c(c2)C(CC)(CC)c2ccccc2-3)c1. The van der Waals surface area contributed by atoms with Crippen LogP contribution >= 0.6 is 0 Å². The minimum absolute atomic E-state index is 0.0746. The van der Waals surface area contributed by atoms with E-state index in [0.717, 1.165) is 29.9 Å². The van der Waals surface area contributed by atoms with Crippen molar-refractivity contribution in [3.05, 3.63) is 71.8 Å². The van der Waals surface area contributed by atoms with Crippen molar-refractivity contribution in [3.63, 3.8) is 0 Å². The lowest BCUT2D eigenvalue weighted by Crippen LogP contribution is -2.23. The van der Waals surface area contributed by atoms with E-state index in [2.05, 4.69) is 62.4 Å². The van der Waals surface area contributed by atoms with Gasteiger partial charge in [0.2, 0.25) is 0 Å². The highest BCUT2D eigenvalue weighted by atomic mass is 16.5. The Labute approximate surface area is 174 Å². The maximum atomic E-state index is 5.95. The summed E-state index contributed by atoms with van der Waals surface area (Å²) in [5.74, 6) is 1.79. The standard InChI is InChI=1S/C27H30O2/c1-5-27(6-2)24-12-10-9-11-21(24)22-15-13-19(17-25(22)27)23-18-20(28-7-3)14-16-26(23)29-8-4/h9-18H,5-8H2,1-4H3. The van der Waals surface area contributed by atoms with Crippen LogP contribution in [0.15, 0.2) is 60.7 Å². The molecule has 2 nitrogen and oxygen atoms in total. The molecule has 3 aromatic carbocycles. The third-order valence-corrected chi connectivity index (χ3v) is 6.35. The second-order valence-corrected chi connectivity index (χ2v) is 7.62. The van der Waals surface area contributed by atoms with Gasteiger partial charge in [0.1, 0.15) is 11.5 Å². The van der Waals surface area contributed by atoms with Crippen LogP contribution in [0.5, 0.6) is 11.5 Å². The molecule has 0 radical (unpaired) electrons. The Kier molecular flexibility index (Phi) is 5.36. The molecule has 0 aliphatic heterocycles. The Hall–Kier alpha value is -2.74. The van der Waals surface area contributed by atoms with E-state index in [0.29, 0.717) is 13.2 Å². The summed E-state index contributed by atoms with van der Waals surface area (Å²) < 4.78 is 11.7. The van der Waals surface area contributed by atoms with Crippen LogP contribution in [-0.2, 0) is 5.41 Å². The molecule has 0 unspecified atom stereocenters. The molecule has 0 bridgehead atoms. The average molecular weight is 387 g/mol. The number of ether oxygens (including phenoxy) is 2. The zero-order valence-corrected chi connectivity index (χ0v) is 17.9. The summed E-state index contributed by atoms with van der Waals surface area (Å²) in [6.07, 6.45) is 2.18. The molecule has 150 valence electrons. The molecule has 4 rings (SSSR count). The minimum Gasteiger partial charge on any atom is -0.494 e. The van der Waals surface area contributed by atoms with E-state index in [1.165, 1.54) is 27.8 Å². The third-order valence-electron chi connectivity index (χ3n) is 6.35. The van der Waals surface area contributed by atoms with Crippen LogP contribution in [0, 0.1) is 0 Å². The van der Waals surface area contributed by atoms with Crippen molar-refractivity contribution < 1.29 is 9.47 Å². The summed E-state index contributed by atoms with van der Waals surface area (Å²) in [5, 5.41) is 0. The largest absolute Gasteiger partial charge is 0.494 e. The van der Waals surface area contributed by atoms with Crippen LogP contribution in [0.25, 0.3) is 22.3 Å². The van der Waals surface area contributed by atoms with Gasteiger partial charge in [-0.05, 0) is 78.8 Å². The molecule has 0 atom stereocenters. The minimum atomic E-state index is 0.0746. The molecule has 1 aliphatic rings. The molecule has 0 heterocycles. The predicted molar refractivity (Wildman–Crippen MR) is 121 cm³/mol. The van der Waals surface area contributed by atoms with Gasteiger partial charge >= 0.3 is 0 Å². The number of hydrogen-bond acceptors (Lipinski definition) is 2. The first kappa shape index (κ1) is 19.6. The molecule has 0 N–H and O–H groups in total. The van der Waals surface area contributed by atoms with E-state index >= 15 is 0 Å². The summed E-state index contributed by atoms with van der Waals surface area (Å²) >= 11 is 0. The van der Waals surface area contributed by atoms with E-state index in [4.69, 9.17) is 9.47 Å². The van der Waals surface area contributed by atoms with Crippen molar-refractivity contribution in [2.45, 2.75) is 46.0 Å². The highest BCUT2D eigenvalue weighted by Gasteiger charge is 2.40. The lowest BCUT2D eigenvalue weighted by Gasteiger charge is -2.30. The highest BCUT2D eigenvalue weighted by molar-refractivity contribution is 5.85. The van der Waals surface area contributed by atoms with Crippen LogP contribution < -0.4 is 9.47 Å². The Morgan fingerprint density at radius 3 is 2.10 bits per heavy atom. The van der Waals surface area contributed by atoms with Gasteiger partial charge in [-0.15, -0.1) is 0 Å². The first-order chi connectivity index (χ1) is 14.2. The molecule has 0 aromatic heterocycles. The second kappa shape index (κ2) is 7.94. The molecule has 1 aliphatic carbocycles. The van der Waals surface area contributed by atoms with Crippen molar-refractivity contribution in [1.82, 2.24) is 0 Å². The fourth-order valence-electron chi connectivity index (χ4n) is 4.91. The number of fused-ring (bicyclic) bond motifs is 3. The van der Waals surface area contributed by atoms with Crippen LogP contribution in [0.3, 0.4) is 0 Å². The molecular weight excluding hydrogens is 356 g/mol. The zero-order chi connectivity index (χ0) is 20.4. The Morgan fingerprint density at radius 1 is 0.655 bits per heavy atom. The summed E-state index contributed by atoms with van der Waals surface area (Å²) in [6, 6.07) is 21.9. The molecule has 0 saturated heterocycles. The Bertz CT molecular complexity index is 1010. The third kappa shape index (κ3) is 3.11. The lowest BCUT2D eigenvalue weighted by atomic mass is 9.73. The second-order valence-electron chi connectivity index (χ2n) is 7.62. The lowest BCUT2D eigenvalue weighted by molar-refractivity contribution is 0.331. The fourth-order valence-corrected chi connectivity index (χ4v) is 4.91. The molecular formula is C27H30O2. The molecule has 3 aromatic rings.